The predicted octanol–water partition coefficient (Wildman–Crippen LogP) is -1.35. The van der Waals surface area contributed by atoms with Crippen molar-refractivity contribution in [1.82, 2.24) is 20.2 Å². The molecule has 14 heavy (non-hydrogen) atoms. The van der Waals surface area contributed by atoms with Crippen LogP contribution in [0.25, 0.3) is 0 Å². The maximum absolute atomic E-state index is 7.31. The molecule has 9 heteroatoms. The van der Waals surface area contributed by atoms with Crippen LogP contribution in [0.15, 0.2) is 4.99 Å². The number of nitrogens with zero attached hydrogens (tertiary/aromatic N) is 5. The molecule has 0 amide bonds. The van der Waals surface area contributed by atoms with Crippen molar-refractivity contribution in [2.24, 2.45) is 23.5 Å². The first kappa shape index (κ1) is 10.4. The van der Waals surface area contributed by atoms with Crippen LogP contribution in [-0.4, -0.2) is 31.3 Å². The second-order valence-corrected chi connectivity index (χ2v) is 3.29. The molecular formula is C5H10N8S. The summed E-state index contributed by atoms with van der Waals surface area (Å²) in [6.07, 6.45) is 0. The molecule has 0 aliphatic carbocycles. The summed E-state index contributed by atoms with van der Waals surface area (Å²) in [4.78, 5) is 4.88. The summed E-state index contributed by atoms with van der Waals surface area (Å²) >= 11 is 1.13. The standard InChI is InChI=1S/C5H10N8S/c1-13-11-3(10-12-13)2-14-5(8)9-4(6)7/h2H2,1H3,(H5,6,7,8,9). The quantitative estimate of drug-likeness (QED) is 0.412. The Morgan fingerprint density at radius 2 is 2.36 bits per heavy atom. The van der Waals surface area contributed by atoms with Crippen molar-refractivity contribution < 1.29 is 0 Å². The molecule has 0 aromatic carbocycles. The lowest BCUT2D eigenvalue weighted by Gasteiger charge is -1.94. The minimum atomic E-state index is -0.130. The van der Waals surface area contributed by atoms with E-state index in [0.717, 1.165) is 11.8 Å². The topological polar surface area (TPSA) is 132 Å². The summed E-state index contributed by atoms with van der Waals surface area (Å²) in [5.74, 6) is 0.825. The van der Waals surface area contributed by atoms with Gasteiger partial charge in [-0.15, -0.1) is 10.2 Å². The summed E-state index contributed by atoms with van der Waals surface area (Å²) in [7, 11) is 1.67. The summed E-state index contributed by atoms with van der Waals surface area (Å²) in [5.41, 5.74) is 10.2. The van der Waals surface area contributed by atoms with Gasteiger partial charge in [0.05, 0.1) is 12.8 Å². The van der Waals surface area contributed by atoms with E-state index in [1.54, 1.807) is 7.05 Å². The largest absolute Gasteiger partial charge is 0.370 e. The smallest absolute Gasteiger partial charge is 0.193 e. The van der Waals surface area contributed by atoms with E-state index in [1.165, 1.54) is 4.80 Å². The van der Waals surface area contributed by atoms with Gasteiger partial charge in [0, 0.05) is 0 Å². The maximum atomic E-state index is 7.31. The van der Waals surface area contributed by atoms with Gasteiger partial charge < -0.3 is 11.5 Å². The van der Waals surface area contributed by atoms with Gasteiger partial charge in [0.2, 0.25) is 0 Å². The number of aliphatic imine (C=N–C) groups is 1. The molecule has 1 aromatic rings. The summed E-state index contributed by atoms with van der Waals surface area (Å²) in [5, 5.41) is 18.6. The Morgan fingerprint density at radius 1 is 1.64 bits per heavy atom. The third kappa shape index (κ3) is 3.39. The molecular weight excluding hydrogens is 204 g/mol. The Balaban J connectivity index is 2.41. The van der Waals surface area contributed by atoms with Crippen LogP contribution in [0.1, 0.15) is 5.82 Å². The molecule has 0 aliphatic heterocycles. The fourth-order valence-electron chi connectivity index (χ4n) is 0.664. The third-order valence-corrected chi connectivity index (χ3v) is 1.89. The Bertz CT molecular complexity index is 350. The highest BCUT2D eigenvalue weighted by molar-refractivity contribution is 8.13. The van der Waals surface area contributed by atoms with E-state index >= 15 is 0 Å². The highest BCUT2D eigenvalue weighted by atomic mass is 32.2. The Kier molecular flexibility index (Phi) is 3.40. The average Bonchev–Trinajstić information content (AvgIpc) is 2.47. The molecule has 8 nitrogen and oxygen atoms in total. The lowest BCUT2D eigenvalue weighted by atomic mass is 10.8. The fourth-order valence-corrected chi connectivity index (χ4v) is 1.21. The SMILES string of the molecule is Cn1nnc(CSC(=N)N=C(N)N)n1. The third-order valence-electron chi connectivity index (χ3n) is 1.12. The van der Waals surface area contributed by atoms with E-state index in [9.17, 15) is 0 Å². The number of amidine groups is 1. The lowest BCUT2D eigenvalue weighted by Crippen LogP contribution is -2.23. The molecule has 0 fully saturated rings. The van der Waals surface area contributed by atoms with E-state index in [4.69, 9.17) is 16.9 Å². The summed E-state index contributed by atoms with van der Waals surface area (Å²) < 4.78 is 0. The molecule has 0 unspecified atom stereocenters. The van der Waals surface area contributed by atoms with Gasteiger partial charge in [0.15, 0.2) is 17.0 Å². The molecule has 0 atom stereocenters. The second kappa shape index (κ2) is 4.56. The number of nitrogens with one attached hydrogen (secondary N) is 1. The van der Waals surface area contributed by atoms with Gasteiger partial charge in [-0.2, -0.15) is 9.79 Å². The molecule has 76 valence electrons. The second-order valence-electron chi connectivity index (χ2n) is 2.33. The number of aryl methyl sites for hydroxylation is 1. The van der Waals surface area contributed by atoms with Gasteiger partial charge in [-0.3, -0.25) is 5.41 Å². The van der Waals surface area contributed by atoms with E-state index < -0.39 is 0 Å². The van der Waals surface area contributed by atoms with Gasteiger partial charge in [-0.1, -0.05) is 11.8 Å². The van der Waals surface area contributed by atoms with Crippen molar-refractivity contribution in [3.8, 4) is 0 Å². The monoisotopic (exact) mass is 214 g/mol. The highest BCUT2D eigenvalue weighted by Gasteiger charge is 2.02. The molecule has 0 saturated carbocycles. The van der Waals surface area contributed by atoms with Crippen LogP contribution in [-0.2, 0) is 12.8 Å². The molecule has 5 N–H and O–H groups in total. The van der Waals surface area contributed by atoms with E-state index in [-0.39, 0.29) is 11.1 Å². The molecule has 0 aliphatic rings. The van der Waals surface area contributed by atoms with Crippen molar-refractivity contribution in [1.29, 1.82) is 5.41 Å². The zero-order chi connectivity index (χ0) is 10.6. The predicted molar refractivity (Wildman–Crippen MR) is 53.6 cm³/mol. The lowest BCUT2D eigenvalue weighted by molar-refractivity contribution is 0.628. The molecule has 0 bridgehead atoms. The number of nitrogens with two attached hydrogens (primary N) is 2. The molecule has 0 radical (unpaired) electrons. The normalized spacial score (nSPS) is 9.79. The molecule has 1 rings (SSSR count). The first-order valence-electron chi connectivity index (χ1n) is 3.62. The van der Waals surface area contributed by atoms with Crippen LogP contribution in [0.3, 0.4) is 0 Å². The van der Waals surface area contributed by atoms with Crippen LogP contribution >= 0.6 is 11.8 Å². The van der Waals surface area contributed by atoms with Crippen molar-refractivity contribution in [2.75, 3.05) is 0 Å². The van der Waals surface area contributed by atoms with Crippen LogP contribution in [0.2, 0.25) is 0 Å². The van der Waals surface area contributed by atoms with Crippen molar-refractivity contribution in [3.63, 3.8) is 0 Å². The van der Waals surface area contributed by atoms with Crippen molar-refractivity contribution >= 4 is 22.9 Å². The van der Waals surface area contributed by atoms with Crippen molar-refractivity contribution in [2.45, 2.75) is 5.75 Å². The number of aromatic nitrogens is 4. The van der Waals surface area contributed by atoms with Crippen LogP contribution < -0.4 is 11.5 Å². The summed E-state index contributed by atoms with van der Waals surface area (Å²) in [6, 6.07) is 0. The molecule has 1 aromatic heterocycles. The van der Waals surface area contributed by atoms with Crippen LogP contribution in [0.4, 0.5) is 0 Å². The first-order valence-corrected chi connectivity index (χ1v) is 4.60. The number of thioether (sulfide) groups is 1. The Morgan fingerprint density at radius 3 is 2.86 bits per heavy atom. The first-order chi connectivity index (χ1) is 6.58. The Labute approximate surface area is 84.3 Å². The van der Waals surface area contributed by atoms with Gasteiger partial charge in [0.1, 0.15) is 0 Å². The number of rotatable bonds is 2. The Hall–Kier alpha value is -1.64. The number of tetrazole rings is 1. The van der Waals surface area contributed by atoms with E-state index in [0.29, 0.717) is 11.6 Å². The molecule has 1 heterocycles. The van der Waals surface area contributed by atoms with E-state index in [2.05, 4.69) is 20.4 Å². The van der Waals surface area contributed by atoms with Gasteiger partial charge in [0.25, 0.3) is 0 Å². The molecule has 0 saturated heterocycles. The minimum Gasteiger partial charge on any atom is -0.370 e. The van der Waals surface area contributed by atoms with Crippen LogP contribution in [0, 0.1) is 5.41 Å². The highest BCUT2D eigenvalue weighted by Crippen LogP contribution is 2.08. The number of hydrogen-bond acceptors (Lipinski definition) is 5. The zero-order valence-electron chi connectivity index (χ0n) is 7.51. The van der Waals surface area contributed by atoms with Crippen LogP contribution in [0.5, 0.6) is 0 Å². The molecule has 0 spiro atoms. The fraction of sp³-hybridized carbons (Fsp3) is 0.400. The number of hydrogen-bond donors (Lipinski definition) is 3. The zero-order valence-corrected chi connectivity index (χ0v) is 8.32. The van der Waals surface area contributed by atoms with E-state index in [1.807, 2.05) is 0 Å². The minimum absolute atomic E-state index is 0.0254. The van der Waals surface area contributed by atoms with Crippen molar-refractivity contribution in [3.05, 3.63) is 5.82 Å². The summed E-state index contributed by atoms with van der Waals surface area (Å²) in [6.45, 7) is 0. The van der Waals surface area contributed by atoms with Gasteiger partial charge in [-0.05, 0) is 5.21 Å². The number of guanidine groups is 1. The van der Waals surface area contributed by atoms with Gasteiger partial charge in [-0.25, -0.2) is 0 Å². The van der Waals surface area contributed by atoms with Gasteiger partial charge >= 0.3 is 0 Å². The maximum Gasteiger partial charge on any atom is 0.193 e. The average molecular weight is 214 g/mol.